The van der Waals surface area contributed by atoms with Crippen LogP contribution in [-0.2, 0) is 12.8 Å². The van der Waals surface area contributed by atoms with Crippen molar-refractivity contribution in [3.63, 3.8) is 0 Å². The Balaban J connectivity index is 1.91. The highest BCUT2D eigenvalue weighted by Gasteiger charge is 2.20. The highest BCUT2D eigenvalue weighted by molar-refractivity contribution is 6.30. The van der Waals surface area contributed by atoms with Gasteiger partial charge in [0, 0.05) is 17.0 Å². The molecule has 0 saturated heterocycles. The number of halogens is 1. The minimum atomic E-state index is -0.711. The molecule has 0 amide bonds. The molecule has 1 N–H and O–H groups in total. The van der Waals surface area contributed by atoms with Gasteiger partial charge >= 0.3 is 0 Å². The molecule has 0 aliphatic heterocycles. The Morgan fingerprint density at radius 2 is 1.69 bits per heavy atom. The molecule has 6 nitrogen and oxygen atoms in total. The van der Waals surface area contributed by atoms with Crippen molar-refractivity contribution in [1.82, 2.24) is 14.8 Å². The molecular weight excluding hydrogens is 354 g/mol. The van der Waals surface area contributed by atoms with Gasteiger partial charge in [-0.25, -0.2) is 4.98 Å². The third-order valence-corrected chi connectivity index (χ3v) is 4.08. The first-order valence-corrected chi connectivity index (χ1v) is 8.40. The zero-order chi connectivity index (χ0) is 18.5. The Labute approximate surface area is 155 Å². The maximum absolute atomic E-state index is 12.8. The summed E-state index contributed by atoms with van der Waals surface area (Å²) in [6, 6.07) is 16.1. The maximum atomic E-state index is 12.8. The van der Waals surface area contributed by atoms with Crippen LogP contribution >= 0.6 is 11.6 Å². The third kappa shape index (κ3) is 4.04. The average molecular weight is 370 g/mol. The first-order chi connectivity index (χ1) is 12.6. The Morgan fingerprint density at radius 3 is 2.35 bits per heavy atom. The van der Waals surface area contributed by atoms with Crippen LogP contribution in [0.15, 0.2) is 54.6 Å². The topological polar surface area (TPSA) is 85.1 Å². The lowest BCUT2D eigenvalue weighted by Crippen LogP contribution is -2.18. The monoisotopic (exact) mass is 369 g/mol. The molecule has 0 saturated carbocycles. The van der Waals surface area contributed by atoms with Crippen LogP contribution in [0.2, 0.25) is 5.02 Å². The van der Waals surface area contributed by atoms with Gasteiger partial charge in [-0.1, -0.05) is 41.9 Å². The van der Waals surface area contributed by atoms with E-state index >= 15 is 0 Å². The van der Waals surface area contributed by atoms with E-state index in [-0.39, 0.29) is 5.82 Å². The first kappa shape index (κ1) is 18.0. The fourth-order valence-electron chi connectivity index (χ4n) is 2.47. The van der Waals surface area contributed by atoms with Crippen LogP contribution in [0.1, 0.15) is 32.4 Å². The van der Waals surface area contributed by atoms with Crippen LogP contribution in [0.25, 0.3) is 0 Å². The van der Waals surface area contributed by atoms with Crippen LogP contribution in [0.4, 0.5) is 0 Å². The van der Waals surface area contributed by atoms with E-state index < -0.39 is 18.3 Å². The van der Waals surface area contributed by atoms with E-state index in [0.717, 1.165) is 10.2 Å². The smallest absolute Gasteiger partial charge is 0.279 e. The number of aryl methyl sites for hydroxylation is 2. The van der Waals surface area contributed by atoms with Crippen LogP contribution in [0.5, 0.6) is 0 Å². The average Bonchev–Trinajstić information content (AvgIpc) is 3.11. The summed E-state index contributed by atoms with van der Waals surface area (Å²) in [6.45, 7) is -0.711. The quantitative estimate of drug-likeness (QED) is 0.675. The number of carbonyl (C=O) groups excluding carboxylic acids is 2. The normalized spacial score (nSPS) is 10.7. The van der Waals surface area contributed by atoms with Crippen molar-refractivity contribution in [3.8, 4) is 0 Å². The zero-order valence-electron chi connectivity index (χ0n) is 13.8. The molecule has 0 aliphatic carbocycles. The Bertz CT molecular complexity index is 921. The molecule has 0 atom stereocenters. The second-order valence-corrected chi connectivity index (χ2v) is 6.08. The number of hydrogen-bond acceptors (Lipinski definition) is 5. The van der Waals surface area contributed by atoms with Gasteiger partial charge in [0.05, 0.1) is 0 Å². The first-order valence-electron chi connectivity index (χ1n) is 8.02. The summed E-state index contributed by atoms with van der Waals surface area (Å²) in [4.78, 5) is 28.7. The van der Waals surface area contributed by atoms with Gasteiger partial charge in [0.1, 0.15) is 12.4 Å². The lowest BCUT2D eigenvalue weighted by atomic mass is 10.1. The molecule has 0 bridgehead atoms. The van der Waals surface area contributed by atoms with Crippen LogP contribution in [-0.4, -0.2) is 38.2 Å². The van der Waals surface area contributed by atoms with Crippen molar-refractivity contribution in [2.75, 3.05) is 6.61 Å². The van der Waals surface area contributed by atoms with E-state index in [4.69, 9.17) is 16.7 Å². The molecule has 26 heavy (non-hydrogen) atoms. The van der Waals surface area contributed by atoms with Gasteiger partial charge in [-0.3, -0.25) is 9.59 Å². The van der Waals surface area contributed by atoms with Crippen molar-refractivity contribution in [2.24, 2.45) is 0 Å². The summed E-state index contributed by atoms with van der Waals surface area (Å²) < 4.78 is 1.12. The number of aromatic nitrogens is 3. The van der Waals surface area contributed by atoms with Crippen molar-refractivity contribution in [1.29, 1.82) is 0 Å². The molecule has 1 aromatic heterocycles. The predicted molar refractivity (Wildman–Crippen MR) is 96.5 cm³/mol. The van der Waals surface area contributed by atoms with Crippen molar-refractivity contribution < 1.29 is 14.7 Å². The molecule has 132 valence electrons. The van der Waals surface area contributed by atoms with E-state index in [1.54, 1.807) is 24.3 Å². The summed E-state index contributed by atoms with van der Waals surface area (Å²) >= 11 is 5.86. The van der Waals surface area contributed by atoms with Gasteiger partial charge < -0.3 is 5.11 Å². The summed E-state index contributed by atoms with van der Waals surface area (Å²) in [5, 5.41) is 13.6. The minimum absolute atomic E-state index is 0.169. The van der Waals surface area contributed by atoms with Crippen molar-refractivity contribution >= 4 is 23.3 Å². The summed E-state index contributed by atoms with van der Waals surface area (Å²) in [5.41, 5.74) is 1.46. The lowest BCUT2D eigenvalue weighted by Gasteiger charge is -2.05. The largest absolute Gasteiger partial charge is 0.388 e. The molecule has 7 heteroatoms. The van der Waals surface area contributed by atoms with E-state index in [2.05, 4.69) is 10.1 Å². The van der Waals surface area contributed by atoms with Crippen LogP contribution < -0.4 is 0 Å². The molecule has 0 unspecified atom stereocenters. The highest BCUT2D eigenvalue weighted by atomic mass is 35.5. The van der Waals surface area contributed by atoms with Gasteiger partial charge in [-0.05, 0) is 36.2 Å². The lowest BCUT2D eigenvalue weighted by molar-refractivity contribution is 0.0891. The number of aliphatic hydroxyl groups excluding tert-OH is 1. The van der Waals surface area contributed by atoms with Crippen molar-refractivity contribution in [3.05, 3.63) is 82.4 Å². The number of carbonyl (C=O) groups is 2. The van der Waals surface area contributed by atoms with E-state index in [0.29, 0.717) is 29.3 Å². The molecule has 0 fully saturated rings. The number of nitrogens with zero attached hydrogens (tertiary/aromatic N) is 3. The van der Waals surface area contributed by atoms with Crippen LogP contribution in [0, 0.1) is 0 Å². The van der Waals surface area contributed by atoms with Gasteiger partial charge in [0.2, 0.25) is 11.6 Å². The van der Waals surface area contributed by atoms with E-state index in [1.165, 1.54) is 0 Å². The Morgan fingerprint density at radius 1 is 1.00 bits per heavy atom. The molecular formula is C19H16ClN3O3. The summed E-state index contributed by atoms with van der Waals surface area (Å²) in [7, 11) is 0. The molecule has 0 spiro atoms. The second kappa shape index (κ2) is 8.03. The highest BCUT2D eigenvalue weighted by Crippen LogP contribution is 2.13. The zero-order valence-corrected chi connectivity index (χ0v) is 14.6. The molecule has 1 heterocycles. The number of ketones is 1. The Kier molecular flexibility index (Phi) is 5.55. The molecule has 3 aromatic rings. The van der Waals surface area contributed by atoms with Gasteiger partial charge in [-0.15, -0.1) is 5.10 Å². The number of Topliss-reactive ketones (excluding diaryl/α,β-unsaturated/α-hetero) is 1. The Hall–Kier alpha value is -2.83. The van der Waals surface area contributed by atoms with Gasteiger partial charge in [0.15, 0.2) is 0 Å². The fourth-order valence-corrected chi connectivity index (χ4v) is 2.60. The molecule has 3 rings (SSSR count). The minimum Gasteiger partial charge on any atom is -0.388 e. The van der Waals surface area contributed by atoms with Gasteiger partial charge in [0.25, 0.3) is 5.91 Å². The number of benzene rings is 2. The number of aliphatic hydroxyl groups is 1. The number of rotatable bonds is 6. The SMILES string of the molecule is O=C(CO)c1nc(CCc2ccccc2)n(C(=O)c2ccc(Cl)cc2)n1. The number of hydrogen-bond donors (Lipinski definition) is 1. The predicted octanol–water partition coefficient (Wildman–Crippen LogP) is 2.58. The second-order valence-electron chi connectivity index (χ2n) is 5.64. The van der Waals surface area contributed by atoms with Crippen LogP contribution in [0.3, 0.4) is 0 Å². The van der Waals surface area contributed by atoms with Gasteiger partial charge in [-0.2, -0.15) is 4.68 Å². The molecule has 0 radical (unpaired) electrons. The standard InChI is InChI=1S/C19H16ClN3O3/c20-15-9-7-14(8-10-15)19(26)23-17(21-18(22-23)16(25)12-24)11-6-13-4-2-1-3-5-13/h1-5,7-10,24H,6,11-12H2. The third-order valence-electron chi connectivity index (χ3n) is 3.83. The van der Waals surface area contributed by atoms with E-state index in [9.17, 15) is 9.59 Å². The van der Waals surface area contributed by atoms with E-state index in [1.807, 2.05) is 30.3 Å². The molecule has 0 aliphatic rings. The molecule has 2 aromatic carbocycles. The summed E-state index contributed by atoms with van der Waals surface area (Å²) in [6.07, 6.45) is 1.06. The maximum Gasteiger partial charge on any atom is 0.279 e. The summed E-state index contributed by atoms with van der Waals surface area (Å²) in [5.74, 6) is -0.841. The van der Waals surface area contributed by atoms with Crippen molar-refractivity contribution in [2.45, 2.75) is 12.8 Å². The fraction of sp³-hybridized carbons (Fsp3) is 0.158.